The Kier molecular flexibility index (Phi) is 10.3. The number of morpholine rings is 1. The van der Waals surface area contributed by atoms with Crippen LogP contribution in [0.3, 0.4) is 0 Å². The molecule has 58 heavy (non-hydrogen) atoms. The highest BCUT2D eigenvalue weighted by Gasteiger charge is 2.39. The number of aromatic hydroxyl groups is 1. The van der Waals surface area contributed by atoms with E-state index in [0.29, 0.717) is 30.5 Å². The number of fused-ring (bicyclic) bond motifs is 3. The lowest BCUT2D eigenvalue weighted by atomic mass is 10.1. The lowest BCUT2D eigenvalue weighted by Gasteiger charge is -2.36. The van der Waals surface area contributed by atoms with E-state index in [-0.39, 0.29) is 95.1 Å². The average molecular weight is 825 g/mol. The van der Waals surface area contributed by atoms with Crippen LogP contribution < -0.4 is 15.6 Å². The van der Waals surface area contributed by atoms with Crippen molar-refractivity contribution in [2.24, 2.45) is 0 Å². The van der Waals surface area contributed by atoms with Crippen molar-refractivity contribution in [3.8, 4) is 11.4 Å². The fourth-order valence-corrected chi connectivity index (χ4v) is 8.04. The number of carbonyl (C=O) groups excluding carboxylic acids is 2. The number of benzene rings is 2. The maximum absolute atomic E-state index is 15.6. The SMILES string of the molecule is CCc1c(N2CCN(C(=O)c3ncnc(C)c3O)CC2)c(=O)c2nn(-c3ccc(CN4C[C@@H]5C[C@H]4CO5)c(F)c3)nc2n1CC(=O)Nc1ccc(C(F)(F)F)cc1Cl. The van der Waals surface area contributed by atoms with Crippen molar-refractivity contribution in [3.05, 3.63) is 92.0 Å². The largest absolute Gasteiger partial charge is 0.504 e. The second kappa shape index (κ2) is 15.3. The van der Waals surface area contributed by atoms with Crippen LogP contribution in [0, 0.1) is 12.7 Å². The summed E-state index contributed by atoms with van der Waals surface area (Å²) >= 11 is 6.15. The number of rotatable bonds is 9. The van der Waals surface area contributed by atoms with Gasteiger partial charge in [0.25, 0.3) is 5.91 Å². The summed E-state index contributed by atoms with van der Waals surface area (Å²) in [5.41, 5.74) is -0.244. The summed E-state index contributed by atoms with van der Waals surface area (Å²) in [6.07, 6.45) is -2.16. The van der Waals surface area contributed by atoms with Gasteiger partial charge in [-0.15, -0.1) is 15.0 Å². The van der Waals surface area contributed by atoms with Gasteiger partial charge in [-0.2, -0.15) is 13.2 Å². The standard InChI is InChI=1S/C38H37ClF4N10O5/c1-3-29-33(49-8-10-50(11-9-49)37(57)32-34(55)20(2)44-19-45-32)35(56)31-36(52(29)17-30(54)46-28-7-5-22(12-26(28)39)38(41,42)43)48-53(47-31)23-6-4-21(27(40)14-23)15-51-16-25-13-24(51)18-58-25/h4-7,12,14,19,24-25,55H,3,8-11,13,15-18H2,1-2H3,(H,46,54)/t24-,25-/m0/s1. The maximum atomic E-state index is 15.6. The van der Waals surface area contributed by atoms with E-state index in [9.17, 15) is 32.7 Å². The molecule has 15 nitrogen and oxygen atoms in total. The Bertz CT molecular complexity index is 2500. The van der Waals surface area contributed by atoms with E-state index in [4.69, 9.17) is 16.3 Å². The quantitative estimate of drug-likeness (QED) is 0.204. The number of halogens is 5. The van der Waals surface area contributed by atoms with Crippen molar-refractivity contribution in [2.75, 3.05) is 49.5 Å². The van der Waals surface area contributed by atoms with E-state index < -0.39 is 41.3 Å². The molecule has 3 aliphatic rings. The lowest BCUT2D eigenvalue weighted by Crippen LogP contribution is -2.50. The first kappa shape index (κ1) is 39.2. The molecule has 3 fully saturated rings. The van der Waals surface area contributed by atoms with Gasteiger partial charge in [-0.1, -0.05) is 24.6 Å². The molecule has 2 atom stereocenters. The van der Waals surface area contributed by atoms with Crippen LogP contribution in [0.1, 0.15) is 46.3 Å². The number of piperazine rings is 1. The highest BCUT2D eigenvalue weighted by molar-refractivity contribution is 6.33. The van der Waals surface area contributed by atoms with E-state index in [2.05, 4.69) is 30.4 Å². The number of hydrogen-bond acceptors (Lipinski definition) is 11. The molecule has 6 heterocycles. The average Bonchev–Trinajstić information content (AvgIpc) is 3.95. The Labute approximate surface area is 332 Å². The predicted octanol–water partition coefficient (Wildman–Crippen LogP) is 4.33. The molecule has 0 aliphatic carbocycles. The molecule has 304 valence electrons. The topological polar surface area (TPSA) is 164 Å². The molecule has 0 unspecified atom stereocenters. The molecule has 2 N–H and O–H groups in total. The fourth-order valence-electron chi connectivity index (χ4n) is 7.81. The van der Waals surface area contributed by atoms with Crippen molar-refractivity contribution < 1.29 is 37.0 Å². The molecule has 20 heteroatoms. The smallest absolute Gasteiger partial charge is 0.416 e. The molecule has 3 aromatic heterocycles. The van der Waals surface area contributed by atoms with Gasteiger partial charge in [-0.3, -0.25) is 19.3 Å². The number of hydrogen-bond donors (Lipinski definition) is 2. The number of nitrogens with zero attached hydrogens (tertiary/aromatic N) is 9. The lowest BCUT2D eigenvalue weighted by molar-refractivity contribution is -0.137. The van der Waals surface area contributed by atoms with Crippen LogP contribution in [0.2, 0.25) is 5.02 Å². The monoisotopic (exact) mass is 824 g/mol. The van der Waals surface area contributed by atoms with Gasteiger partial charge in [-0.25, -0.2) is 14.4 Å². The number of likely N-dealkylation sites (tertiary alicyclic amines) is 1. The summed E-state index contributed by atoms with van der Waals surface area (Å²) in [7, 11) is 0. The van der Waals surface area contributed by atoms with E-state index in [1.54, 1.807) is 30.9 Å². The Balaban J connectivity index is 1.13. The van der Waals surface area contributed by atoms with E-state index >= 15 is 4.39 Å². The minimum absolute atomic E-state index is 0.0141. The van der Waals surface area contributed by atoms with Crippen LogP contribution >= 0.6 is 11.6 Å². The number of amides is 2. The minimum atomic E-state index is -4.65. The molecule has 2 aromatic carbocycles. The predicted molar refractivity (Wildman–Crippen MR) is 203 cm³/mol. The Morgan fingerprint density at radius 3 is 2.50 bits per heavy atom. The van der Waals surface area contributed by atoms with Gasteiger partial charge >= 0.3 is 6.18 Å². The number of anilines is 2. The number of nitrogens with one attached hydrogen (secondary N) is 1. The molecule has 0 radical (unpaired) electrons. The summed E-state index contributed by atoms with van der Waals surface area (Å²) < 4.78 is 62.7. The van der Waals surface area contributed by atoms with Crippen LogP contribution in [0.4, 0.5) is 28.9 Å². The molecule has 3 saturated heterocycles. The number of alkyl halides is 3. The number of aromatic nitrogens is 6. The first-order chi connectivity index (χ1) is 27.7. The van der Waals surface area contributed by atoms with Crippen molar-refractivity contribution >= 4 is 46.0 Å². The zero-order valence-electron chi connectivity index (χ0n) is 31.3. The second-order valence-electron chi connectivity index (χ2n) is 14.5. The Morgan fingerprint density at radius 1 is 1.07 bits per heavy atom. The highest BCUT2D eigenvalue weighted by atomic mass is 35.5. The molecule has 5 aromatic rings. The number of carbonyl (C=O) groups is 2. The van der Waals surface area contributed by atoms with Gasteiger partial charge in [0.05, 0.1) is 40.4 Å². The Hall–Kier alpha value is -5.66. The second-order valence-corrected chi connectivity index (χ2v) is 14.9. The van der Waals surface area contributed by atoms with Crippen LogP contribution in [0.15, 0.2) is 47.5 Å². The fraction of sp³-hybridized carbons (Fsp3) is 0.395. The number of aryl methyl sites for hydroxylation is 1. The third-order valence-electron chi connectivity index (χ3n) is 10.8. The maximum Gasteiger partial charge on any atom is 0.416 e. The molecule has 2 bridgehead atoms. The summed E-state index contributed by atoms with van der Waals surface area (Å²) in [5.74, 6) is -2.00. The van der Waals surface area contributed by atoms with Gasteiger partial charge in [0, 0.05) is 62.6 Å². The normalized spacial score (nSPS) is 18.4. The summed E-state index contributed by atoms with van der Waals surface area (Å²) in [6.45, 7) is 5.28. The van der Waals surface area contributed by atoms with E-state index in [0.717, 1.165) is 29.9 Å². The van der Waals surface area contributed by atoms with Crippen LogP contribution in [0.25, 0.3) is 16.9 Å². The van der Waals surface area contributed by atoms with Crippen molar-refractivity contribution in [2.45, 2.75) is 58.1 Å². The first-order valence-electron chi connectivity index (χ1n) is 18.6. The third-order valence-corrected chi connectivity index (χ3v) is 11.1. The van der Waals surface area contributed by atoms with E-state index in [1.165, 1.54) is 21.9 Å². The third kappa shape index (κ3) is 7.33. The number of ether oxygens (including phenoxy) is 1. The van der Waals surface area contributed by atoms with Crippen molar-refractivity contribution in [1.29, 1.82) is 0 Å². The molecule has 3 aliphatic heterocycles. The molecule has 2 amide bonds. The van der Waals surface area contributed by atoms with E-state index in [1.807, 2.05) is 0 Å². The summed E-state index contributed by atoms with van der Waals surface area (Å²) in [4.78, 5) is 55.9. The van der Waals surface area contributed by atoms with Crippen molar-refractivity contribution in [3.63, 3.8) is 0 Å². The van der Waals surface area contributed by atoms with Crippen molar-refractivity contribution in [1.82, 2.24) is 39.3 Å². The van der Waals surface area contributed by atoms with Gasteiger partial charge in [0.15, 0.2) is 22.6 Å². The zero-order chi connectivity index (χ0) is 41.0. The van der Waals surface area contributed by atoms with Crippen LogP contribution in [0.5, 0.6) is 5.75 Å². The summed E-state index contributed by atoms with van der Waals surface area (Å²) in [5, 5.41) is 21.7. The van der Waals surface area contributed by atoms with Crippen LogP contribution in [-0.4, -0.2) is 108 Å². The molecular formula is C38H37ClF4N10O5. The van der Waals surface area contributed by atoms with Gasteiger partial charge in [0.1, 0.15) is 24.4 Å². The molecular weight excluding hydrogens is 788 g/mol. The van der Waals surface area contributed by atoms with Gasteiger partial charge in [0.2, 0.25) is 11.3 Å². The molecule has 0 spiro atoms. The van der Waals surface area contributed by atoms with Crippen LogP contribution in [-0.2, 0) is 35.2 Å². The minimum Gasteiger partial charge on any atom is -0.504 e. The first-order valence-corrected chi connectivity index (χ1v) is 19.0. The Morgan fingerprint density at radius 2 is 1.84 bits per heavy atom. The highest BCUT2D eigenvalue weighted by Crippen LogP contribution is 2.34. The molecule has 8 rings (SSSR count). The van der Waals surface area contributed by atoms with Gasteiger partial charge in [-0.05, 0) is 44.0 Å². The molecule has 0 saturated carbocycles. The summed E-state index contributed by atoms with van der Waals surface area (Å²) in [6, 6.07) is 7.36. The van der Waals surface area contributed by atoms with Gasteiger partial charge < -0.3 is 29.5 Å². The number of pyridine rings is 1. The zero-order valence-corrected chi connectivity index (χ0v) is 32.0.